The number of aliphatic hydroxyl groups excluding tert-OH is 1. The van der Waals surface area contributed by atoms with Crippen LogP contribution in [0.1, 0.15) is 174 Å². The SMILES string of the molecule is CCCCCCCCCCCCCCCCCC(=O)OCC(COP(=O)(O)OCC[N+](C)(C)C)OC(=O)CCCC=CCC=CCC=CC=CC(O)CCCCC. The maximum atomic E-state index is 12.7. The summed E-state index contributed by atoms with van der Waals surface area (Å²) in [5, 5.41) is 9.91. The Balaban J connectivity index is 4.49. The minimum Gasteiger partial charge on any atom is -0.462 e. The molecule has 0 aromatic rings. The van der Waals surface area contributed by atoms with Gasteiger partial charge in [0.25, 0.3) is 0 Å². The molecule has 0 saturated carbocycles. The van der Waals surface area contributed by atoms with E-state index in [9.17, 15) is 24.2 Å². The normalized spacial score (nSPS) is 14.6. The topological polar surface area (TPSA) is 129 Å². The van der Waals surface area contributed by atoms with Gasteiger partial charge in [0.1, 0.15) is 19.8 Å². The molecule has 0 aliphatic heterocycles. The van der Waals surface area contributed by atoms with Gasteiger partial charge >= 0.3 is 19.8 Å². The van der Waals surface area contributed by atoms with Gasteiger partial charge in [-0.2, -0.15) is 0 Å². The van der Waals surface area contributed by atoms with Gasteiger partial charge in [-0.3, -0.25) is 18.6 Å². The Morgan fingerprint density at radius 1 is 0.632 bits per heavy atom. The lowest BCUT2D eigenvalue weighted by molar-refractivity contribution is -0.870. The number of ether oxygens (including phenoxy) is 2. The molecular weight excluding hydrogens is 741 g/mol. The summed E-state index contributed by atoms with van der Waals surface area (Å²) in [4.78, 5) is 35.3. The van der Waals surface area contributed by atoms with E-state index >= 15 is 0 Å². The number of likely N-dealkylation sites (N-methyl/N-ethyl adjacent to an activating group) is 1. The number of allylic oxidation sites excluding steroid dienone is 7. The number of hydrogen-bond acceptors (Lipinski definition) is 8. The van der Waals surface area contributed by atoms with Crippen LogP contribution in [0.15, 0.2) is 48.6 Å². The van der Waals surface area contributed by atoms with Crippen molar-refractivity contribution in [3.8, 4) is 0 Å². The number of carbonyl (C=O) groups excluding carboxylic acids is 2. The molecule has 57 heavy (non-hydrogen) atoms. The summed E-state index contributed by atoms with van der Waals surface area (Å²) in [6, 6.07) is 0. The molecule has 0 aromatic heterocycles. The Kier molecular flexibility index (Phi) is 36.8. The van der Waals surface area contributed by atoms with Crippen LogP contribution in [0.2, 0.25) is 0 Å². The number of carbonyl (C=O) groups is 2. The molecule has 0 aliphatic rings. The molecule has 3 unspecified atom stereocenters. The lowest BCUT2D eigenvalue weighted by Gasteiger charge is -2.24. The van der Waals surface area contributed by atoms with Crippen molar-refractivity contribution in [1.29, 1.82) is 0 Å². The second-order valence-corrected chi connectivity index (χ2v) is 17.7. The van der Waals surface area contributed by atoms with E-state index in [-0.39, 0.29) is 32.2 Å². The molecule has 0 radical (unpaired) electrons. The van der Waals surface area contributed by atoms with Gasteiger partial charge in [-0.05, 0) is 38.5 Å². The summed E-state index contributed by atoms with van der Waals surface area (Å²) < 4.78 is 34.2. The van der Waals surface area contributed by atoms with E-state index in [1.54, 1.807) is 0 Å². The van der Waals surface area contributed by atoms with Crippen molar-refractivity contribution < 1.29 is 47.2 Å². The zero-order valence-electron chi connectivity index (χ0n) is 36.9. The van der Waals surface area contributed by atoms with Gasteiger partial charge in [-0.1, -0.05) is 172 Å². The van der Waals surface area contributed by atoms with E-state index in [1.807, 2.05) is 57.6 Å². The van der Waals surface area contributed by atoms with E-state index in [0.29, 0.717) is 23.9 Å². The summed E-state index contributed by atoms with van der Waals surface area (Å²) >= 11 is 0. The summed E-state index contributed by atoms with van der Waals surface area (Å²) in [6.07, 6.45) is 40.6. The fraction of sp³-hybridized carbons (Fsp3) is 0.783. The highest BCUT2D eigenvalue weighted by atomic mass is 31.2. The van der Waals surface area contributed by atoms with Gasteiger partial charge < -0.3 is 24.0 Å². The summed E-state index contributed by atoms with van der Waals surface area (Å²) in [6.45, 7) is 4.22. The number of aliphatic hydroxyl groups is 1. The lowest BCUT2D eigenvalue weighted by atomic mass is 10.0. The fourth-order valence-corrected chi connectivity index (χ4v) is 6.62. The van der Waals surface area contributed by atoms with Crippen LogP contribution in [0.4, 0.5) is 0 Å². The van der Waals surface area contributed by atoms with Crippen molar-refractivity contribution in [3.05, 3.63) is 48.6 Å². The van der Waals surface area contributed by atoms with E-state index in [0.717, 1.165) is 57.8 Å². The van der Waals surface area contributed by atoms with E-state index in [2.05, 4.69) is 26.0 Å². The Labute approximate surface area is 348 Å². The molecule has 0 saturated heterocycles. The first-order chi connectivity index (χ1) is 27.4. The van der Waals surface area contributed by atoms with E-state index < -0.39 is 32.5 Å². The molecule has 0 rings (SSSR count). The number of phosphoric ester groups is 1. The molecule has 0 heterocycles. The number of quaternary nitrogens is 1. The Hall–Kier alpha value is -2.07. The highest BCUT2D eigenvalue weighted by Gasteiger charge is 2.27. The number of hydrogen-bond donors (Lipinski definition) is 2. The molecule has 2 N–H and O–H groups in total. The highest BCUT2D eigenvalue weighted by Crippen LogP contribution is 2.43. The average Bonchev–Trinajstić information content (AvgIpc) is 3.15. The summed E-state index contributed by atoms with van der Waals surface area (Å²) in [5.41, 5.74) is 0. The molecule has 0 aliphatic carbocycles. The van der Waals surface area contributed by atoms with Crippen molar-refractivity contribution in [2.75, 3.05) is 47.5 Å². The third kappa shape index (κ3) is 41.9. The number of phosphoric acid groups is 1. The molecule has 11 heteroatoms. The van der Waals surface area contributed by atoms with Gasteiger partial charge in [0.05, 0.1) is 33.9 Å². The van der Waals surface area contributed by atoms with Crippen LogP contribution < -0.4 is 0 Å². The Morgan fingerprint density at radius 3 is 1.75 bits per heavy atom. The van der Waals surface area contributed by atoms with E-state index in [1.165, 1.54) is 77.0 Å². The molecule has 3 atom stereocenters. The number of rotatable bonds is 40. The standard InChI is InChI=1S/C46H84NO9P/c1-6-8-10-11-12-13-14-15-16-17-20-23-26-29-33-37-45(49)53-41-44(42-55-57(51,52)54-40-39-47(3,4)5)56-46(50)38-34-30-27-24-21-18-19-22-25-28-32-36-43(48)35-31-9-7-2/h18-19,24-25,27-28,32,36,43-44,48H,6-17,20-23,26,29-31,33-35,37-42H2,1-5H3/p+1. The smallest absolute Gasteiger partial charge is 0.462 e. The average molecular weight is 827 g/mol. The fourth-order valence-electron chi connectivity index (χ4n) is 5.88. The van der Waals surface area contributed by atoms with Crippen molar-refractivity contribution in [3.63, 3.8) is 0 Å². The Morgan fingerprint density at radius 2 is 1.16 bits per heavy atom. The predicted molar refractivity (Wildman–Crippen MR) is 235 cm³/mol. The molecule has 0 amide bonds. The maximum Gasteiger partial charge on any atom is 0.472 e. The van der Waals surface area contributed by atoms with Crippen LogP contribution in [0.25, 0.3) is 0 Å². The molecule has 0 bridgehead atoms. The van der Waals surface area contributed by atoms with Gasteiger partial charge in [0.2, 0.25) is 0 Å². The molecule has 0 fully saturated rings. The number of nitrogens with zero attached hydrogens (tertiary/aromatic N) is 1. The quantitative estimate of drug-likeness (QED) is 0.0155. The van der Waals surface area contributed by atoms with Gasteiger partial charge in [-0.25, -0.2) is 4.57 Å². The largest absolute Gasteiger partial charge is 0.472 e. The highest BCUT2D eigenvalue weighted by molar-refractivity contribution is 7.47. The zero-order valence-corrected chi connectivity index (χ0v) is 37.8. The van der Waals surface area contributed by atoms with Crippen molar-refractivity contribution >= 4 is 19.8 Å². The summed E-state index contributed by atoms with van der Waals surface area (Å²) in [7, 11) is 1.41. The molecule has 0 aromatic carbocycles. The second kappa shape index (κ2) is 38.2. The van der Waals surface area contributed by atoms with Crippen LogP contribution in [-0.2, 0) is 32.7 Å². The molecular formula is C46H85NO9P+. The predicted octanol–water partition coefficient (Wildman–Crippen LogP) is 11.7. The monoisotopic (exact) mass is 827 g/mol. The summed E-state index contributed by atoms with van der Waals surface area (Å²) in [5.74, 6) is -0.888. The third-order valence-corrected chi connectivity index (χ3v) is 10.5. The van der Waals surface area contributed by atoms with Crippen LogP contribution in [0.5, 0.6) is 0 Å². The molecule has 332 valence electrons. The van der Waals surface area contributed by atoms with Crippen molar-refractivity contribution in [1.82, 2.24) is 0 Å². The number of unbranched alkanes of at least 4 members (excludes halogenated alkanes) is 17. The Bertz CT molecular complexity index is 1130. The second-order valence-electron chi connectivity index (χ2n) is 16.3. The van der Waals surface area contributed by atoms with Crippen LogP contribution in [0, 0.1) is 0 Å². The van der Waals surface area contributed by atoms with Gasteiger partial charge in [0.15, 0.2) is 6.10 Å². The van der Waals surface area contributed by atoms with Crippen molar-refractivity contribution in [2.24, 2.45) is 0 Å². The van der Waals surface area contributed by atoms with Gasteiger partial charge in [0, 0.05) is 12.8 Å². The minimum absolute atomic E-state index is 0.0129. The first-order valence-electron chi connectivity index (χ1n) is 22.5. The van der Waals surface area contributed by atoms with Crippen LogP contribution >= 0.6 is 7.82 Å². The minimum atomic E-state index is -4.40. The third-order valence-electron chi connectivity index (χ3n) is 9.47. The van der Waals surface area contributed by atoms with Gasteiger partial charge in [-0.15, -0.1) is 0 Å². The lowest BCUT2D eigenvalue weighted by Crippen LogP contribution is -2.37. The zero-order chi connectivity index (χ0) is 42.3. The van der Waals surface area contributed by atoms with E-state index in [4.69, 9.17) is 18.5 Å². The first-order valence-corrected chi connectivity index (χ1v) is 24.0. The molecule has 10 nitrogen and oxygen atoms in total. The first kappa shape index (κ1) is 54.9. The molecule has 0 spiro atoms. The van der Waals surface area contributed by atoms with Crippen LogP contribution in [0.3, 0.4) is 0 Å². The number of esters is 2. The van der Waals surface area contributed by atoms with Crippen LogP contribution in [-0.4, -0.2) is 86.1 Å². The maximum absolute atomic E-state index is 12.7. The van der Waals surface area contributed by atoms with Crippen molar-refractivity contribution in [2.45, 2.75) is 187 Å².